The Morgan fingerprint density at radius 3 is 2.62 bits per heavy atom. The molecular weight excluding hydrogens is 342 g/mol. The minimum Gasteiger partial charge on any atom is -0.493 e. The lowest BCUT2D eigenvalue weighted by molar-refractivity contribution is -0.0515. The van der Waals surface area contributed by atoms with E-state index in [0.717, 1.165) is 25.9 Å². The monoisotopic (exact) mass is 364 g/mol. The fourth-order valence-electron chi connectivity index (χ4n) is 2.66. The average Bonchev–Trinajstić information content (AvgIpc) is 2.53. The van der Waals surface area contributed by atoms with E-state index in [1.807, 2.05) is 0 Å². The van der Waals surface area contributed by atoms with Crippen molar-refractivity contribution in [2.24, 2.45) is 5.41 Å². The molecule has 5 nitrogen and oxygen atoms in total. The van der Waals surface area contributed by atoms with Crippen molar-refractivity contribution in [2.45, 2.75) is 26.4 Å². The number of hydrogen-bond acceptors (Lipinski definition) is 4. The van der Waals surface area contributed by atoms with Crippen LogP contribution in [0.15, 0.2) is 18.2 Å². The molecule has 0 spiro atoms. The maximum atomic E-state index is 12.6. The molecule has 0 bridgehead atoms. The third-order valence-corrected chi connectivity index (χ3v) is 4.14. The number of alkyl halides is 2. The molecule has 1 heterocycles. The molecule has 24 heavy (non-hydrogen) atoms. The van der Waals surface area contributed by atoms with Crippen molar-refractivity contribution >= 4 is 18.3 Å². The summed E-state index contributed by atoms with van der Waals surface area (Å²) in [6, 6.07) is 4.49. The Balaban J connectivity index is 0.00000288. The molecule has 0 aromatic heterocycles. The van der Waals surface area contributed by atoms with Crippen LogP contribution in [0.4, 0.5) is 8.78 Å². The van der Waals surface area contributed by atoms with Gasteiger partial charge in [0, 0.05) is 6.54 Å². The number of carbonyl (C=O) groups is 1. The van der Waals surface area contributed by atoms with E-state index in [2.05, 4.69) is 22.3 Å². The highest BCUT2D eigenvalue weighted by Gasteiger charge is 2.28. The summed E-state index contributed by atoms with van der Waals surface area (Å²) in [5, 5.41) is 6.10. The van der Waals surface area contributed by atoms with Gasteiger partial charge in [-0.2, -0.15) is 8.78 Å². The number of para-hydroxylation sites is 1. The summed E-state index contributed by atoms with van der Waals surface area (Å²) < 4.78 is 34.7. The molecule has 1 amide bonds. The minimum atomic E-state index is -3.03. The van der Waals surface area contributed by atoms with Crippen molar-refractivity contribution in [3.8, 4) is 11.5 Å². The molecule has 136 valence electrons. The van der Waals surface area contributed by atoms with Crippen molar-refractivity contribution in [3.63, 3.8) is 0 Å². The Hall–Kier alpha value is -1.60. The molecule has 0 atom stereocenters. The van der Waals surface area contributed by atoms with E-state index in [0.29, 0.717) is 6.54 Å². The zero-order valence-electron chi connectivity index (χ0n) is 13.7. The first-order chi connectivity index (χ1) is 10.9. The smallest absolute Gasteiger partial charge is 0.387 e. The number of piperidine rings is 1. The largest absolute Gasteiger partial charge is 0.493 e. The van der Waals surface area contributed by atoms with Gasteiger partial charge in [-0.25, -0.2) is 0 Å². The summed E-state index contributed by atoms with van der Waals surface area (Å²) in [4.78, 5) is 12.4. The predicted molar refractivity (Wildman–Crippen MR) is 89.4 cm³/mol. The van der Waals surface area contributed by atoms with Crippen LogP contribution in [0, 0.1) is 5.41 Å². The van der Waals surface area contributed by atoms with E-state index in [9.17, 15) is 13.6 Å². The van der Waals surface area contributed by atoms with Gasteiger partial charge >= 0.3 is 6.61 Å². The fraction of sp³-hybridized carbons (Fsp3) is 0.562. The molecule has 2 rings (SSSR count). The van der Waals surface area contributed by atoms with Crippen molar-refractivity contribution in [1.82, 2.24) is 10.6 Å². The molecule has 1 aromatic rings. The lowest BCUT2D eigenvalue weighted by Crippen LogP contribution is -2.43. The first kappa shape index (κ1) is 20.4. The van der Waals surface area contributed by atoms with Crippen LogP contribution in [0.1, 0.15) is 30.1 Å². The van der Waals surface area contributed by atoms with Crippen molar-refractivity contribution in [3.05, 3.63) is 23.8 Å². The maximum absolute atomic E-state index is 12.6. The SMILES string of the molecule is COc1cccc(C(=O)NCC2(C)CCNCC2)c1OC(F)F.Cl. The van der Waals surface area contributed by atoms with Gasteiger partial charge in [-0.3, -0.25) is 4.79 Å². The van der Waals surface area contributed by atoms with E-state index < -0.39 is 12.5 Å². The molecule has 1 aromatic carbocycles. The lowest BCUT2D eigenvalue weighted by atomic mass is 9.81. The van der Waals surface area contributed by atoms with Gasteiger partial charge in [-0.05, 0) is 43.5 Å². The number of hydrogen-bond donors (Lipinski definition) is 2. The first-order valence-corrected chi connectivity index (χ1v) is 7.56. The Morgan fingerprint density at radius 2 is 2.04 bits per heavy atom. The second kappa shape index (κ2) is 9.03. The van der Waals surface area contributed by atoms with Gasteiger partial charge in [-0.1, -0.05) is 13.0 Å². The molecule has 2 N–H and O–H groups in total. The zero-order chi connectivity index (χ0) is 16.9. The summed E-state index contributed by atoms with van der Waals surface area (Å²) >= 11 is 0. The van der Waals surface area contributed by atoms with Crippen LogP contribution >= 0.6 is 12.4 Å². The molecule has 0 aliphatic carbocycles. The molecule has 0 radical (unpaired) electrons. The predicted octanol–water partition coefficient (Wildman–Crippen LogP) is 2.84. The van der Waals surface area contributed by atoms with Crippen LogP contribution in [0.5, 0.6) is 11.5 Å². The van der Waals surface area contributed by atoms with Crippen molar-refractivity contribution < 1.29 is 23.0 Å². The van der Waals surface area contributed by atoms with Gasteiger partial charge in [0.1, 0.15) is 0 Å². The molecule has 1 aliphatic rings. The molecule has 0 unspecified atom stereocenters. The first-order valence-electron chi connectivity index (χ1n) is 7.56. The van der Waals surface area contributed by atoms with E-state index >= 15 is 0 Å². The Labute approximate surface area is 146 Å². The highest BCUT2D eigenvalue weighted by Crippen LogP contribution is 2.33. The Kier molecular flexibility index (Phi) is 7.69. The highest BCUT2D eigenvalue weighted by atomic mass is 35.5. The molecule has 1 fully saturated rings. The van der Waals surface area contributed by atoms with Crippen LogP contribution in [-0.2, 0) is 0 Å². The van der Waals surface area contributed by atoms with Gasteiger partial charge in [0.15, 0.2) is 11.5 Å². The highest BCUT2D eigenvalue weighted by molar-refractivity contribution is 5.97. The van der Waals surface area contributed by atoms with Gasteiger partial charge in [-0.15, -0.1) is 12.4 Å². The summed E-state index contributed by atoms with van der Waals surface area (Å²) in [5.41, 5.74) is 0.0472. The van der Waals surface area contributed by atoms with E-state index in [1.165, 1.54) is 19.2 Å². The van der Waals surface area contributed by atoms with Gasteiger partial charge in [0.05, 0.1) is 12.7 Å². The third kappa shape index (κ3) is 5.21. The number of amides is 1. The molecular formula is C16H23ClF2N2O3. The van der Waals surface area contributed by atoms with Crippen LogP contribution in [0.25, 0.3) is 0 Å². The topological polar surface area (TPSA) is 59.6 Å². The normalized spacial score (nSPS) is 16.2. The number of methoxy groups -OCH3 is 1. The Bertz CT molecular complexity index is 552. The number of nitrogens with one attached hydrogen (secondary N) is 2. The van der Waals surface area contributed by atoms with Crippen LogP contribution in [0.3, 0.4) is 0 Å². The minimum absolute atomic E-state index is 0. The maximum Gasteiger partial charge on any atom is 0.387 e. The summed E-state index contributed by atoms with van der Waals surface area (Å²) in [6.45, 7) is 1.38. The van der Waals surface area contributed by atoms with Gasteiger partial charge in [0.2, 0.25) is 0 Å². The fourth-order valence-corrected chi connectivity index (χ4v) is 2.66. The molecule has 1 aliphatic heterocycles. The second-order valence-electron chi connectivity index (χ2n) is 5.96. The molecule has 0 saturated carbocycles. The van der Waals surface area contributed by atoms with Crippen LogP contribution in [-0.4, -0.2) is 39.3 Å². The standard InChI is InChI=1S/C16H22F2N2O3.ClH/c1-16(6-8-19-9-7-16)10-20-14(21)11-4-3-5-12(22-2)13(11)23-15(17)18;/h3-5,15,19H,6-10H2,1-2H3,(H,20,21);1H. The zero-order valence-corrected chi connectivity index (χ0v) is 14.6. The number of ether oxygens (including phenoxy) is 2. The van der Waals surface area contributed by atoms with Crippen molar-refractivity contribution in [1.29, 1.82) is 0 Å². The lowest BCUT2D eigenvalue weighted by Gasteiger charge is -2.34. The molecule has 1 saturated heterocycles. The van der Waals surface area contributed by atoms with Crippen LogP contribution < -0.4 is 20.1 Å². The van der Waals surface area contributed by atoms with E-state index in [4.69, 9.17) is 4.74 Å². The van der Waals surface area contributed by atoms with Crippen LogP contribution in [0.2, 0.25) is 0 Å². The summed E-state index contributed by atoms with van der Waals surface area (Å²) in [7, 11) is 1.34. The number of rotatable bonds is 6. The van der Waals surface area contributed by atoms with Gasteiger partial charge < -0.3 is 20.1 Å². The number of benzene rings is 1. The van der Waals surface area contributed by atoms with Crippen molar-refractivity contribution in [2.75, 3.05) is 26.7 Å². The third-order valence-electron chi connectivity index (χ3n) is 4.14. The van der Waals surface area contributed by atoms with E-state index in [1.54, 1.807) is 6.07 Å². The van der Waals surface area contributed by atoms with E-state index in [-0.39, 0.29) is 34.9 Å². The van der Waals surface area contributed by atoms with Gasteiger partial charge in [0.25, 0.3) is 5.91 Å². The number of halogens is 3. The summed E-state index contributed by atoms with van der Waals surface area (Å²) in [6.07, 6.45) is 1.90. The molecule has 8 heteroatoms. The second-order valence-corrected chi connectivity index (χ2v) is 5.96. The quantitative estimate of drug-likeness (QED) is 0.815. The Morgan fingerprint density at radius 1 is 1.38 bits per heavy atom. The average molecular weight is 365 g/mol. The summed E-state index contributed by atoms with van der Waals surface area (Å²) in [5.74, 6) is -0.580. The number of carbonyl (C=O) groups excluding carboxylic acids is 1.